The van der Waals surface area contributed by atoms with E-state index in [0.29, 0.717) is 6.54 Å². The van der Waals surface area contributed by atoms with Crippen molar-refractivity contribution < 1.29 is 25.2 Å². The number of rotatable bonds is 3. The molecular weight excluding hydrogens is 190 g/mol. The Morgan fingerprint density at radius 1 is 1.50 bits per heavy atom. The Kier molecular flexibility index (Phi) is 3.82. The Morgan fingerprint density at radius 3 is 2.57 bits per heavy atom. The molecule has 1 saturated heterocycles. The third kappa shape index (κ3) is 2.05. The van der Waals surface area contributed by atoms with Crippen LogP contribution in [0.5, 0.6) is 0 Å². The van der Waals surface area contributed by atoms with Gasteiger partial charge in [-0.3, -0.25) is 5.32 Å². The van der Waals surface area contributed by atoms with Crippen molar-refractivity contribution in [3.8, 4) is 0 Å². The molecule has 0 radical (unpaired) electrons. The van der Waals surface area contributed by atoms with Crippen molar-refractivity contribution in [2.24, 2.45) is 0 Å². The molecule has 0 aromatic heterocycles. The van der Waals surface area contributed by atoms with E-state index >= 15 is 0 Å². The smallest absolute Gasteiger partial charge is 0.200 e. The first-order valence-electron chi connectivity index (χ1n) is 4.64. The fraction of sp³-hybridized carbons (Fsp3) is 1.00. The lowest BCUT2D eigenvalue weighted by Gasteiger charge is -2.43. The molecule has 4 atom stereocenters. The zero-order valence-electron chi connectivity index (χ0n) is 8.05. The van der Waals surface area contributed by atoms with Crippen molar-refractivity contribution in [2.75, 3.05) is 13.2 Å². The topological polar surface area (TPSA) is 102 Å². The van der Waals surface area contributed by atoms with E-state index in [1.165, 1.54) is 0 Å². The highest BCUT2D eigenvalue weighted by atomic mass is 16.6. The summed E-state index contributed by atoms with van der Waals surface area (Å²) in [5.74, 6) is 0. The van der Waals surface area contributed by atoms with Crippen LogP contribution in [0.4, 0.5) is 0 Å². The molecule has 4 unspecified atom stereocenters. The average Bonchev–Trinajstić information content (AvgIpc) is 2.14. The molecule has 0 spiro atoms. The highest BCUT2D eigenvalue weighted by Gasteiger charge is 2.48. The van der Waals surface area contributed by atoms with Crippen molar-refractivity contribution in [3.63, 3.8) is 0 Å². The minimum Gasteiger partial charge on any atom is -0.394 e. The van der Waals surface area contributed by atoms with Gasteiger partial charge < -0.3 is 25.2 Å². The second-order valence-electron chi connectivity index (χ2n) is 3.40. The number of aliphatic hydroxyl groups excluding tert-OH is 3. The summed E-state index contributed by atoms with van der Waals surface area (Å²) in [6.45, 7) is 1.82. The van der Waals surface area contributed by atoms with Crippen LogP contribution in [-0.2, 0) is 4.74 Å². The van der Waals surface area contributed by atoms with Gasteiger partial charge in [0.05, 0.1) is 12.7 Å². The molecule has 6 heteroatoms. The number of ether oxygens (including phenoxy) is 1. The summed E-state index contributed by atoms with van der Waals surface area (Å²) in [5.41, 5.74) is -1.85. The van der Waals surface area contributed by atoms with Crippen LogP contribution in [-0.4, -0.2) is 57.8 Å². The van der Waals surface area contributed by atoms with Crippen LogP contribution >= 0.6 is 0 Å². The monoisotopic (exact) mass is 207 g/mol. The Labute approximate surface area is 82.1 Å². The number of aliphatic hydroxyl groups is 4. The highest BCUT2D eigenvalue weighted by molar-refractivity contribution is 4.92. The first-order valence-corrected chi connectivity index (χ1v) is 4.64. The minimum absolute atomic E-state index is 0.0804. The Morgan fingerprint density at radius 2 is 2.14 bits per heavy atom. The van der Waals surface area contributed by atoms with Gasteiger partial charge in [-0.15, -0.1) is 0 Å². The molecule has 0 saturated carbocycles. The summed E-state index contributed by atoms with van der Waals surface area (Å²) in [6, 6.07) is 0. The van der Waals surface area contributed by atoms with Gasteiger partial charge in [0.15, 0.2) is 5.72 Å². The molecular formula is C8H17NO5. The van der Waals surface area contributed by atoms with Crippen LogP contribution in [0.25, 0.3) is 0 Å². The molecule has 0 aliphatic carbocycles. The molecule has 6 nitrogen and oxygen atoms in total. The molecule has 1 aliphatic heterocycles. The van der Waals surface area contributed by atoms with Gasteiger partial charge in [0.1, 0.15) is 6.10 Å². The van der Waals surface area contributed by atoms with Gasteiger partial charge in [0.2, 0.25) is 6.29 Å². The van der Waals surface area contributed by atoms with E-state index in [-0.39, 0.29) is 13.0 Å². The van der Waals surface area contributed by atoms with Crippen molar-refractivity contribution in [1.82, 2.24) is 5.32 Å². The third-order valence-corrected chi connectivity index (χ3v) is 2.36. The van der Waals surface area contributed by atoms with Gasteiger partial charge in [-0.1, -0.05) is 6.92 Å². The van der Waals surface area contributed by atoms with Gasteiger partial charge in [0, 0.05) is 6.42 Å². The number of nitrogens with one attached hydrogen (secondary N) is 1. The lowest BCUT2D eigenvalue weighted by Crippen LogP contribution is -2.67. The van der Waals surface area contributed by atoms with Gasteiger partial charge in [-0.25, -0.2) is 0 Å². The molecule has 0 bridgehead atoms. The second kappa shape index (κ2) is 4.52. The molecule has 5 N–H and O–H groups in total. The first kappa shape index (κ1) is 11.8. The van der Waals surface area contributed by atoms with E-state index in [1.54, 1.807) is 6.92 Å². The lowest BCUT2D eigenvalue weighted by atomic mass is 9.96. The molecule has 1 rings (SSSR count). The minimum atomic E-state index is -1.85. The predicted molar refractivity (Wildman–Crippen MR) is 47.2 cm³/mol. The van der Waals surface area contributed by atoms with Crippen LogP contribution in [0.15, 0.2) is 0 Å². The van der Waals surface area contributed by atoms with Gasteiger partial charge in [-0.05, 0) is 6.54 Å². The van der Waals surface area contributed by atoms with Crippen molar-refractivity contribution >= 4 is 0 Å². The van der Waals surface area contributed by atoms with Crippen LogP contribution in [0.1, 0.15) is 13.3 Å². The van der Waals surface area contributed by atoms with E-state index in [9.17, 15) is 15.3 Å². The van der Waals surface area contributed by atoms with Gasteiger partial charge in [0.25, 0.3) is 0 Å². The maximum absolute atomic E-state index is 9.80. The largest absolute Gasteiger partial charge is 0.394 e. The molecule has 84 valence electrons. The van der Waals surface area contributed by atoms with E-state index in [1.807, 2.05) is 0 Å². The fourth-order valence-corrected chi connectivity index (χ4v) is 1.54. The van der Waals surface area contributed by atoms with E-state index in [2.05, 4.69) is 5.32 Å². The average molecular weight is 207 g/mol. The molecule has 0 aromatic rings. The quantitative estimate of drug-likeness (QED) is 0.335. The van der Waals surface area contributed by atoms with Crippen molar-refractivity contribution in [2.45, 2.75) is 37.6 Å². The molecule has 1 heterocycles. The highest BCUT2D eigenvalue weighted by Crippen LogP contribution is 2.25. The molecule has 0 aromatic carbocycles. The third-order valence-electron chi connectivity index (χ3n) is 2.36. The van der Waals surface area contributed by atoms with Crippen LogP contribution < -0.4 is 5.32 Å². The summed E-state index contributed by atoms with van der Waals surface area (Å²) in [5, 5.41) is 40.1. The summed E-state index contributed by atoms with van der Waals surface area (Å²) in [6.07, 6.45) is -3.26. The molecule has 1 fully saturated rings. The van der Waals surface area contributed by atoms with Crippen LogP contribution in [0.2, 0.25) is 0 Å². The molecule has 0 amide bonds. The van der Waals surface area contributed by atoms with Gasteiger partial charge >= 0.3 is 0 Å². The molecule has 1 aliphatic rings. The molecule has 14 heavy (non-hydrogen) atoms. The Balaban J connectivity index is 2.68. The van der Waals surface area contributed by atoms with Crippen molar-refractivity contribution in [3.05, 3.63) is 0 Å². The van der Waals surface area contributed by atoms with E-state index in [0.717, 1.165) is 0 Å². The fourth-order valence-electron chi connectivity index (χ4n) is 1.54. The Hall–Kier alpha value is -0.240. The maximum Gasteiger partial charge on any atom is 0.200 e. The summed E-state index contributed by atoms with van der Waals surface area (Å²) in [7, 11) is 0. The zero-order chi connectivity index (χ0) is 10.8. The van der Waals surface area contributed by atoms with E-state index < -0.39 is 24.2 Å². The van der Waals surface area contributed by atoms with Crippen LogP contribution in [0, 0.1) is 0 Å². The first-order chi connectivity index (χ1) is 6.54. The van der Waals surface area contributed by atoms with Gasteiger partial charge in [-0.2, -0.15) is 0 Å². The summed E-state index contributed by atoms with van der Waals surface area (Å²) in [4.78, 5) is 0. The number of hydrogen-bond acceptors (Lipinski definition) is 6. The maximum atomic E-state index is 9.80. The zero-order valence-corrected chi connectivity index (χ0v) is 8.05. The van der Waals surface area contributed by atoms with Crippen molar-refractivity contribution in [1.29, 1.82) is 0 Å². The SMILES string of the molecule is CCNC1(O)C(O)CC(CO)OC1O. The second-order valence-corrected chi connectivity index (χ2v) is 3.40. The van der Waals surface area contributed by atoms with E-state index in [4.69, 9.17) is 9.84 Å². The van der Waals surface area contributed by atoms with Crippen LogP contribution in [0.3, 0.4) is 0 Å². The predicted octanol–water partition coefficient (Wildman–Crippen LogP) is -2.25. The lowest BCUT2D eigenvalue weighted by molar-refractivity contribution is -0.310. The normalized spacial score (nSPS) is 43.9. The Bertz CT molecular complexity index is 177. The number of hydrogen-bond donors (Lipinski definition) is 5. The number of likely N-dealkylation sites (N-methyl/N-ethyl adjacent to an activating group) is 1. The summed E-state index contributed by atoms with van der Waals surface area (Å²) >= 11 is 0. The standard InChI is InChI=1S/C8H17NO5/c1-2-9-8(13)6(11)3-5(4-10)14-7(8)12/h5-7,9-13H,2-4H2,1H3. The summed E-state index contributed by atoms with van der Waals surface area (Å²) < 4.78 is 4.91.